The third kappa shape index (κ3) is 6.15. The van der Waals surface area contributed by atoms with Crippen molar-refractivity contribution in [3.05, 3.63) is 90.8 Å². The lowest BCUT2D eigenvalue weighted by molar-refractivity contribution is -0.274. The molecule has 0 radical (unpaired) electrons. The van der Waals surface area contributed by atoms with E-state index in [0.717, 1.165) is 22.2 Å². The molecule has 8 nitrogen and oxygen atoms in total. The van der Waals surface area contributed by atoms with Gasteiger partial charge in [0.1, 0.15) is 17.9 Å². The molecule has 0 atom stereocenters. The second-order valence-electron chi connectivity index (χ2n) is 8.98. The molecule has 3 aromatic carbocycles. The number of fused-ring (bicyclic) bond motifs is 1. The minimum absolute atomic E-state index is 0.258. The molecule has 5 rings (SSSR count). The number of nitrogens with zero attached hydrogens (tertiary/aromatic N) is 4. The molecule has 2 amide bonds. The molecule has 0 spiro atoms. The first-order valence-electron chi connectivity index (χ1n) is 12.0. The van der Waals surface area contributed by atoms with Crippen LogP contribution in [0.4, 0.5) is 29.5 Å². The second-order valence-corrected chi connectivity index (χ2v) is 8.98. The maximum Gasteiger partial charge on any atom is 0.573 e. The lowest BCUT2D eigenvalue weighted by Crippen LogP contribution is -2.21. The Hall–Kier alpha value is -4.93. The Morgan fingerprint density at radius 2 is 1.72 bits per heavy atom. The van der Waals surface area contributed by atoms with E-state index in [2.05, 4.69) is 44.3 Å². The fourth-order valence-electron chi connectivity index (χ4n) is 4.04. The number of aromatic nitrogens is 4. The van der Waals surface area contributed by atoms with Gasteiger partial charge in [-0.1, -0.05) is 32.0 Å². The number of alkyl halides is 3. The van der Waals surface area contributed by atoms with Gasteiger partial charge in [0.15, 0.2) is 5.82 Å². The summed E-state index contributed by atoms with van der Waals surface area (Å²) in [6, 6.07) is 21.6. The Morgan fingerprint density at radius 3 is 2.46 bits per heavy atom. The van der Waals surface area contributed by atoms with Crippen LogP contribution < -0.4 is 15.4 Å². The lowest BCUT2D eigenvalue weighted by Gasteiger charge is -2.14. The molecule has 0 saturated carbocycles. The highest BCUT2D eigenvalue weighted by molar-refractivity contribution is 6.00. The number of rotatable bonds is 6. The van der Waals surface area contributed by atoms with Crippen molar-refractivity contribution >= 4 is 28.4 Å². The molecule has 11 heteroatoms. The molecular weight excluding hydrogens is 509 g/mol. The Bertz CT molecular complexity index is 1630. The molecule has 0 aliphatic heterocycles. The molecule has 39 heavy (non-hydrogen) atoms. The molecule has 198 valence electrons. The van der Waals surface area contributed by atoms with Crippen LogP contribution >= 0.6 is 0 Å². The van der Waals surface area contributed by atoms with E-state index in [9.17, 15) is 18.0 Å². The summed E-state index contributed by atoms with van der Waals surface area (Å²) in [5.74, 6) is 0.766. The van der Waals surface area contributed by atoms with Gasteiger partial charge in [0.2, 0.25) is 0 Å². The van der Waals surface area contributed by atoms with Crippen molar-refractivity contribution in [3.63, 3.8) is 0 Å². The van der Waals surface area contributed by atoms with Crippen molar-refractivity contribution in [2.75, 3.05) is 10.6 Å². The number of pyridine rings is 1. The van der Waals surface area contributed by atoms with Crippen LogP contribution in [-0.2, 0) is 0 Å². The summed E-state index contributed by atoms with van der Waals surface area (Å²) in [5, 5.41) is 10.9. The number of benzene rings is 3. The zero-order valence-electron chi connectivity index (χ0n) is 20.9. The van der Waals surface area contributed by atoms with Crippen molar-refractivity contribution in [2.45, 2.75) is 26.1 Å². The van der Waals surface area contributed by atoms with Gasteiger partial charge < -0.3 is 10.1 Å². The number of para-hydroxylation sites is 1. The van der Waals surface area contributed by atoms with E-state index in [0.29, 0.717) is 22.8 Å². The van der Waals surface area contributed by atoms with Crippen LogP contribution in [-0.4, -0.2) is 32.1 Å². The second kappa shape index (κ2) is 10.4. The lowest BCUT2D eigenvalue weighted by atomic mass is 10.0. The summed E-state index contributed by atoms with van der Waals surface area (Å²) in [6.07, 6.45) is -3.28. The van der Waals surface area contributed by atoms with Crippen LogP contribution in [0, 0.1) is 0 Å². The zero-order chi connectivity index (χ0) is 27.6. The topological polar surface area (TPSA) is 94.0 Å². The number of hydrogen-bond acceptors (Lipinski definition) is 5. The zero-order valence-corrected chi connectivity index (χ0v) is 20.9. The van der Waals surface area contributed by atoms with Gasteiger partial charge in [-0.05, 0) is 72.1 Å². The van der Waals surface area contributed by atoms with Gasteiger partial charge in [0.25, 0.3) is 0 Å². The van der Waals surface area contributed by atoms with E-state index in [1.54, 1.807) is 18.2 Å². The average Bonchev–Trinajstić information content (AvgIpc) is 3.38. The third-order valence-corrected chi connectivity index (χ3v) is 5.85. The maximum absolute atomic E-state index is 12.6. The minimum atomic E-state index is -4.75. The summed E-state index contributed by atoms with van der Waals surface area (Å²) >= 11 is 0. The number of hydrogen-bond donors (Lipinski definition) is 2. The minimum Gasteiger partial charge on any atom is -0.406 e. The first-order chi connectivity index (χ1) is 18.6. The van der Waals surface area contributed by atoms with Crippen molar-refractivity contribution in [1.82, 2.24) is 19.7 Å². The number of ether oxygens (including phenoxy) is 1. The van der Waals surface area contributed by atoms with Crippen molar-refractivity contribution in [1.29, 1.82) is 0 Å². The third-order valence-electron chi connectivity index (χ3n) is 5.85. The molecule has 0 bridgehead atoms. The summed E-state index contributed by atoms with van der Waals surface area (Å²) in [7, 11) is 0. The Kier molecular flexibility index (Phi) is 6.88. The van der Waals surface area contributed by atoms with Gasteiger partial charge >= 0.3 is 12.4 Å². The molecule has 0 aliphatic rings. The fourth-order valence-corrected chi connectivity index (χ4v) is 4.04. The number of carbonyl (C=O) groups excluding carboxylic acids is 1. The van der Waals surface area contributed by atoms with Gasteiger partial charge in [0.05, 0.1) is 11.2 Å². The van der Waals surface area contributed by atoms with Gasteiger partial charge in [-0.25, -0.2) is 19.4 Å². The molecule has 0 fully saturated rings. The number of halogens is 3. The SMILES string of the molecule is CC(C)c1ccccc1NC(=O)Nc1ccc2cc(-c3ncn(-c4ccc(OC(F)(F)F)cc4)n3)ccc2n1. The summed E-state index contributed by atoms with van der Waals surface area (Å²) in [6.45, 7) is 4.12. The van der Waals surface area contributed by atoms with Crippen LogP contribution in [0.2, 0.25) is 0 Å². The van der Waals surface area contributed by atoms with Gasteiger partial charge in [-0.15, -0.1) is 18.3 Å². The quantitative estimate of drug-likeness (QED) is 0.242. The molecule has 2 N–H and O–H groups in total. The van der Waals surface area contributed by atoms with E-state index >= 15 is 0 Å². The van der Waals surface area contributed by atoms with Crippen molar-refractivity contribution in [2.24, 2.45) is 0 Å². The van der Waals surface area contributed by atoms with Gasteiger partial charge in [-0.3, -0.25) is 5.32 Å². The summed E-state index contributed by atoms with van der Waals surface area (Å²) < 4.78 is 42.5. The number of amides is 2. The monoisotopic (exact) mass is 532 g/mol. The van der Waals surface area contributed by atoms with Crippen molar-refractivity contribution in [3.8, 4) is 22.8 Å². The fraction of sp³-hybridized carbons (Fsp3) is 0.143. The maximum atomic E-state index is 12.6. The van der Waals surface area contributed by atoms with Gasteiger partial charge in [-0.2, -0.15) is 0 Å². The van der Waals surface area contributed by atoms with Crippen LogP contribution in [0.25, 0.3) is 28.0 Å². The largest absolute Gasteiger partial charge is 0.573 e. The molecule has 0 saturated heterocycles. The van der Waals surface area contributed by atoms with E-state index < -0.39 is 6.36 Å². The highest BCUT2D eigenvalue weighted by atomic mass is 19.4. The average molecular weight is 533 g/mol. The van der Waals surface area contributed by atoms with Gasteiger partial charge in [0, 0.05) is 16.6 Å². The van der Waals surface area contributed by atoms with Crippen molar-refractivity contribution < 1.29 is 22.7 Å². The smallest absolute Gasteiger partial charge is 0.406 e. The molecule has 2 aromatic heterocycles. The number of urea groups is 1. The highest BCUT2D eigenvalue weighted by Gasteiger charge is 2.31. The summed E-state index contributed by atoms with van der Waals surface area (Å²) in [4.78, 5) is 21.4. The van der Waals surface area contributed by atoms with Crippen LogP contribution in [0.15, 0.2) is 85.2 Å². The Morgan fingerprint density at radius 1 is 0.949 bits per heavy atom. The van der Waals surface area contributed by atoms with E-state index in [-0.39, 0.29) is 17.7 Å². The molecular formula is C28H23F3N6O2. The Labute approximate surface area is 221 Å². The first kappa shape index (κ1) is 25.7. The van der Waals surface area contributed by atoms with Crippen LogP contribution in [0.5, 0.6) is 5.75 Å². The molecule has 0 aliphatic carbocycles. The van der Waals surface area contributed by atoms with E-state index in [1.807, 2.05) is 36.4 Å². The predicted molar refractivity (Wildman–Crippen MR) is 142 cm³/mol. The first-order valence-corrected chi connectivity index (χ1v) is 12.0. The van der Waals surface area contributed by atoms with E-state index in [1.165, 1.54) is 35.3 Å². The standard InChI is InChI=1S/C28H23F3N6O2/c1-17(2)22-5-3-4-6-24(22)34-27(38)35-25-14-8-18-15-19(7-13-23(18)33-25)26-32-16-37(36-26)20-9-11-21(12-10-20)39-28(29,30)31/h3-17H,1-2H3,(H2,33,34,35,38). The molecule has 5 aromatic rings. The number of nitrogens with one attached hydrogen (secondary N) is 2. The number of anilines is 2. The normalized spacial score (nSPS) is 11.5. The van der Waals surface area contributed by atoms with Crippen LogP contribution in [0.1, 0.15) is 25.3 Å². The molecule has 2 heterocycles. The summed E-state index contributed by atoms with van der Waals surface area (Å²) in [5.41, 5.74) is 3.70. The van der Waals surface area contributed by atoms with Crippen LogP contribution in [0.3, 0.4) is 0 Å². The predicted octanol–water partition coefficient (Wildman–Crippen LogP) is 7.15. The highest BCUT2D eigenvalue weighted by Crippen LogP contribution is 2.26. The molecule has 0 unspecified atom stereocenters. The van der Waals surface area contributed by atoms with E-state index in [4.69, 9.17) is 0 Å². The number of carbonyl (C=O) groups is 1. The Balaban J connectivity index is 1.29.